The van der Waals surface area contributed by atoms with Gasteiger partial charge in [0, 0.05) is 40.1 Å². The smallest absolute Gasteiger partial charge is 0.0462 e. The lowest BCUT2D eigenvalue weighted by Gasteiger charge is -2.30. The summed E-state index contributed by atoms with van der Waals surface area (Å²) in [5, 5.41) is 0. The standard InChI is InChI=1S/C72H58N2/c1-6-16-53(17-7-1)58-26-38-67(39-27-58)73(68-40-28-59(29-41-68)54-18-8-2-9-19-54)70-44-32-61(33-45-70)62-34-46-71(47-35-62)74(69-42-30-60(31-43-69)55-20-10-3-11-21-55)72-48-36-63(37-49-72)66-51-64(56-22-12-4-13-23-56)50-65(52-66)57-24-14-5-15-25-57/h1-4,6-8,10-14,16-18,20-34,36-52,62H,5,9,15,19,35H2. The van der Waals surface area contributed by atoms with Gasteiger partial charge in [-0.25, -0.2) is 0 Å². The summed E-state index contributed by atoms with van der Waals surface area (Å²) in [7, 11) is 0. The predicted octanol–water partition coefficient (Wildman–Crippen LogP) is 20.1. The normalized spacial score (nSPS) is 15.0. The van der Waals surface area contributed by atoms with Gasteiger partial charge < -0.3 is 9.80 Å². The van der Waals surface area contributed by atoms with Crippen LogP contribution in [0.3, 0.4) is 0 Å². The van der Waals surface area contributed by atoms with Crippen molar-refractivity contribution in [1.82, 2.24) is 0 Å². The van der Waals surface area contributed by atoms with Crippen LogP contribution in [0.2, 0.25) is 0 Å². The number of benzene rings is 9. The lowest BCUT2D eigenvalue weighted by Crippen LogP contribution is -2.17. The van der Waals surface area contributed by atoms with E-state index < -0.39 is 0 Å². The highest BCUT2D eigenvalue weighted by Gasteiger charge is 2.21. The summed E-state index contributed by atoms with van der Waals surface area (Å²) in [5.74, 6) is 0.244. The molecule has 0 bridgehead atoms. The Morgan fingerprint density at radius 1 is 0.338 bits per heavy atom. The van der Waals surface area contributed by atoms with E-state index in [2.05, 4.69) is 295 Å². The highest BCUT2D eigenvalue weighted by Crippen LogP contribution is 2.41. The van der Waals surface area contributed by atoms with Crippen LogP contribution >= 0.6 is 0 Å². The minimum absolute atomic E-state index is 0.244. The van der Waals surface area contributed by atoms with E-state index in [-0.39, 0.29) is 5.92 Å². The van der Waals surface area contributed by atoms with Gasteiger partial charge in [0.05, 0.1) is 0 Å². The van der Waals surface area contributed by atoms with Gasteiger partial charge in [0.25, 0.3) is 0 Å². The van der Waals surface area contributed by atoms with Crippen LogP contribution in [0.4, 0.5) is 28.4 Å². The number of hydrogen-bond acceptors (Lipinski definition) is 2. The van der Waals surface area contributed by atoms with Gasteiger partial charge in [0.15, 0.2) is 0 Å². The number of allylic oxidation sites excluding steroid dienone is 11. The molecule has 0 aromatic heterocycles. The molecule has 0 fully saturated rings. The Labute approximate surface area is 437 Å². The zero-order valence-electron chi connectivity index (χ0n) is 41.6. The molecule has 0 saturated carbocycles. The van der Waals surface area contributed by atoms with Crippen LogP contribution in [-0.2, 0) is 0 Å². The predicted molar refractivity (Wildman–Crippen MR) is 315 cm³/mol. The largest absolute Gasteiger partial charge is 0.311 e. The van der Waals surface area contributed by atoms with Gasteiger partial charge in [0.1, 0.15) is 0 Å². The topological polar surface area (TPSA) is 6.48 Å². The van der Waals surface area contributed by atoms with Crippen LogP contribution in [0.5, 0.6) is 0 Å². The molecule has 0 N–H and O–H groups in total. The third-order valence-electron chi connectivity index (χ3n) is 14.7. The minimum atomic E-state index is 0.244. The molecule has 356 valence electrons. The maximum Gasteiger partial charge on any atom is 0.0462 e. The molecule has 9 aromatic carbocycles. The van der Waals surface area contributed by atoms with E-state index in [1.807, 2.05) is 0 Å². The molecule has 0 heterocycles. The molecule has 0 amide bonds. The lowest BCUT2D eigenvalue weighted by atomic mass is 9.90. The fourth-order valence-electron chi connectivity index (χ4n) is 10.7. The molecule has 2 heteroatoms. The molecule has 1 unspecified atom stereocenters. The molecule has 12 rings (SSSR count). The van der Waals surface area contributed by atoms with Gasteiger partial charge in [-0.15, -0.1) is 0 Å². The average molecular weight is 951 g/mol. The molecule has 0 radical (unpaired) electrons. The van der Waals surface area contributed by atoms with E-state index in [0.29, 0.717) is 0 Å². The van der Waals surface area contributed by atoms with Crippen molar-refractivity contribution >= 4 is 39.6 Å². The van der Waals surface area contributed by atoms with Crippen molar-refractivity contribution in [1.29, 1.82) is 0 Å². The van der Waals surface area contributed by atoms with Gasteiger partial charge in [-0.2, -0.15) is 0 Å². The Balaban J connectivity index is 0.838. The minimum Gasteiger partial charge on any atom is -0.311 e. The van der Waals surface area contributed by atoms with Crippen molar-refractivity contribution in [3.05, 3.63) is 308 Å². The van der Waals surface area contributed by atoms with E-state index in [1.165, 1.54) is 72.3 Å². The molecule has 3 aliphatic carbocycles. The van der Waals surface area contributed by atoms with Crippen LogP contribution in [0.25, 0.3) is 55.7 Å². The van der Waals surface area contributed by atoms with Gasteiger partial charge in [-0.05, 0) is 189 Å². The molecule has 2 nitrogen and oxygen atoms in total. The molecule has 9 aromatic rings. The summed E-state index contributed by atoms with van der Waals surface area (Å²) in [6, 6.07) is 84.5. The highest BCUT2D eigenvalue weighted by molar-refractivity contribution is 5.85. The molecule has 0 spiro atoms. The van der Waals surface area contributed by atoms with Gasteiger partial charge >= 0.3 is 0 Å². The monoisotopic (exact) mass is 950 g/mol. The van der Waals surface area contributed by atoms with Crippen LogP contribution in [0, 0.1) is 0 Å². The zero-order chi connectivity index (χ0) is 49.5. The first-order valence-corrected chi connectivity index (χ1v) is 26.2. The van der Waals surface area contributed by atoms with Gasteiger partial charge in [-0.1, -0.05) is 200 Å². The summed E-state index contributed by atoms with van der Waals surface area (Å²) in [5.41, 5.74) is 23.0. The van der Waals surface area contributed by atoms with Crippen LogP contribution in [0.15, 0.2) is 291 Å². The van der Waals surface area contributed by atoms with Crippen LogP contribution < -0.4 is 9.80 Å². The van der Waals surface area contributed by atoms with Crippen molar-refractivity contribution in [3.63, 3.8) is 0 Å². The third kappa shape index (κ3) is 10.1. The molecule has 0 saturated heterocycles. The summed E-state index contributed by atoms with van der Waals surface area (Å²) in [6.07, 6.45) is 26.0. The Morgan fingerprint density at radius 2 is 0.784 bits per heavy atom. The fourth-order valence-corrected chi connectivity index (χ4v) is 10.7. The maximum absolute atomic E-state index is 2.41. The Hall–Kier alpha value is -8.98. The second-order valence-electron chi connectivity index (χ2n) is 19.5. The number of rotatable bonds is 13. The van der Waals surface area contributed by atoms with Crippen molar-refractivity contribution in [2.75, 3.05) is 9.80 Å². The summed E-state index contributed by atoms with van der Waals surface area (Å²) >= 11 is 0. The summed E-state index contributed by atoms with van der Waals surface area (Å²) in [4.78, 5) is 4.79. The van der Waals surface area contributed by atoms with Crippen molar-refractivity contribution in [2.45, 2.75) is 38.0 Å². The molecule has 0 aliphatic heterocycles. The van der Waals surface area contributed by atoms with Crippen molar-refractivity contribution in [2.24, 2.45) is 0 Å². The first-order valence-electron chi connectivity index (χ1n) is 26.2. The highest BCUT2D eigenvalue weighted by atomic mass is 15.1. The fraction of sp³-hybridized carbons (Fsp3) is 0.0833. The second kappa shape index (κ2) is 21.4. The molecule has 1 atom stereocenters. The molecule has 3 aliphatic rings. The van der Waals surface area contributed by atoms with Crippen molar-refractivity contribution < 1.29 is 0 Å². The van der Waals surface area contributed by atoms with E-state index >= 15 is 0 Å². The van der Waals surface area contributed by atoms with E-state index in [1.54, 1.807) is 0 Å². The quantitative estimate of drug-likeness (QED) is 0.114. The Kier molecular flexibility index (Phi) is 13.3. The molecular weight excluding hydrogens is 893 g/mol. The summed E-state index contributed by atoms with van der Waals surface area (Å²) in [6.45, 7) is 0. The first-order chi connectivity index (χ1) is 36.7. The van der Waals surface area contributed by atoms with E-state index in [4.69, 9.17) is 0 Å². The third-order valence-corrected chi connectivity index (χ3v) is 14.7. The Bertz CT molecular complexity index is 3560. The van der Waals surface area contributed by atoms with E-state index in [9.17, 15) is 0 Å². The maximum atomic E-state index is 2.41. The second-order valence-corrected chi connectivity index (χ2v) is 19.5. The Morgan fingerprint density at radius 3 is 1.24 bits per heavy atom. The average Bonchev–Trinajstić information content (AvgIpc) is 3.49. The van der Waals surface area contributed by atoms with Crippen LogP contribution in [0.1, 0.15) is 54.7 Å². The van der Waals surface area contributed by atoms with Crippen molar-refractivity contribution in [3.8, 4) is 44.5 Å². The number of anilines is 5. The molecular formula is C72H58N2. The van der Waals surface area contributed by atoms with E-state index in [0.717, 1.165) is 66.2 Å². The van der Waals surface area contributed by atoms with Gasteiger partial charge in [-0.3, -0.25) is 0 Å². The number of nitrogens with zero attached hydrogens (tertiary/aromatic N) is 2. The lowest BCUT2D eigenvalue weighted by molar-refractivity contribution is 0.840. The molecule has 74 heavy (non-hydrogen) atoms. The first kappa shape index (κ1) is 46.1. The number of hydrogen-bond donors (Lipinski definition) is 0. The van der Waals surface area contributed by atoms with Crippen LogP contribution in [-0.4, -0.2) is 0 Å². The SMILES string of the molecule is C1=CCCC(c2ccc(N(c3ccc(-c4ccccc4)cc3)c3ccc(C4C=CC(N(c5ccc(-c6ccccc6)cc5)c5ccc(-c6cc(C7=CCCC=C7)cc(-c7ccccc7)c6)cc5)=CC4)cc3)cc2)=C1. The zero-order valence-corrected chi connectivity index (χ0v) is 41.6. The van der Waals surface area contributed by atoms with Gasteiger partial charge in [0.2, 0.25) is 0 Å². The summed E-state index contributed by atoms with van der Waals surface area (Å²) < 4.78 is 0.